The smallest absolute Gasteiger partial charge is 0.129 e. The van der Waals surface area contributed by atoms with E-state index >= 15 is 0 Å². The van der Waals surface area contributed by atoms with E-state index in [1.165, 1.54) is 0 Å². The van der Waals surface area contributed by atoms with E-state index < -0.39 is 6.10 Å². The zero-order valence-electron chi connectivity index (χ0n) is 11.5. The lowest BCUT2D eigenvalue weighted by atomic mass is 10.1. The second-order valence-electron chi connectivity index (χ2n) is 5.28. The number of anilines is 1. The van der Waals surface area contributed by atoms with Crippen molar-refractivity contribution in [3.63, 3.8) is 0 Å². The molecule has 0 bridgehead atoms. The first-order chi connectivity index (χ1) is 8.58. The summed E-state index contributed by atoms with van der Waals surface area (Å²) in [6.45, 7) is 7.25. The van der Waals surface area contributed by atoms with Gasteiger partial charge in [0.25, 0.3) is 0 Å². The largest absolute Gasteiger partial charge is 0.389 e. The zero-order valence-corrected chi connectivity index (χ0v) is 11.5. The van der Waals surface area contributed by atoms with Crippen LogP contribution in [0.3, 0.4) is 0 Å². The van der Waals surface area contributed by atoms with Crippen molar-refractivity contribution in [3.05, 3.63) is 23.9 Å². The standard InChI is InChI=1S/C14H23N3O/c1-11-10-16(3)7-4-8-17(11)14-9-13(12(2)18)5-6-15-14/h5-6,9,11-12,18H,4,7-8,10H2,1-3H3/t11?,12-/m1/s1. The van der Waals surface area contributed by atoms with Gasteiger partial charge in [-0.15, -0.1) is 0 Å². The minimum Gasteiger partial charge on any atom is -0.389 e. The zero-order chi connectivity index (χ0) is 13.1. The third-order valence-electron chi connectivity index (χ3n) is 3.59. The summed E-state index contributed by atoms with van der Waals surface area (Å²) in [5.41, 5.74) is 0.935. The van der Waals surface area contributed by atoms with Crippen molar-refractivity contribution in [1.82, 2.24) is 9.88 Å². The Morgan fingerprint density at radius 2 is 2.22 bits per heavy atom. The van der Waals surface area contributed by atoms with E-state index in [2.05, 4.69) is 28.8 Å². The molecule has 1 aliphatic rings. The summed E-state index contributed by atoms with van der Waals surface area (Å²) in [4.78, 5) is 9.17. The molecule has 2 rings (SSSR count). The molecule has 4 heteroatoms. The fourth-order valence-corrected chi connectivity index (χ4v) is 2.56. The Morgan fingerprint density at radius 1 is 1.44 bits per heavy atom. The van der Waals surface area contributed by atoms with Crippen LogP contribution in [0.1, 0.15) is 31.9 Å². The molecule has 2 atom stereocenters. The topological polar surface area (TPSA) is 39.6 Å². The molecule has 0 saturated carbocycles. The molecule has 0 amide bonds. The van der Waals surface area contributed by atoms with Crippen LogP contribution in [0.15, 0.2) is 18.3 Å². The van der Waals surface area contributed by atoms with Crippen molar-refractivity contribution in [1.29, 1.82) is 0 Å². The van der Waals surface area contributed by atoms with E-state index in [9.17, 15) is 5.11 Å². The fraction of sp³-hybridized carbons (Fsp3) is 0.643. The SMILES string of the molecule is CC1CN(C)CCCN1c1cc([C@@H](C)O)ccn1. The first kappa shape index (κ1) is 13.3. The van der Waals surface area contributed by atoms with Gasteiger partial charge in [0.1, 0.15) is 5.82 Å². The molecule has 18 heavy (non-hydrogen) atoms. The maximum atomic E-state index is 9.66. The van der Waals surface area contributed by atoms with Gasteiger partial charge in [-0.3, -0.25) is 0 Å². The molecule has 100 valence electrons. The second kappa shape index (κ2) is 5.67. The summed E-state index contributed by atoms with van der Waals surface area (Å²) in [5.74, 6) is 0.983. The van der Waals surface area contributed by atoms with Gasteiger partial charge in [-0.2, -0.15) is 0 Å². The molecule has 2 heterocycles. The molecular weight excluding hydrogens is 226 g/mol. The molecule has 4 nitrogen and oxygen atoms in total. The molecule has 0 radical (unpaired) electrons. The van der Waals surface area contributed by atoms with Crippen LogP contribution in [0.25, 0.3) is 0 Å². The van der Waals surface area contributed by atoms with Gasteiger partial charge in [0.2, 0.25) is 0 Å². The Balaban J connectivity index is 2.21. The summed E-state index contributed by atoms with van der Waals surface area (Å²) in [7, 11) is 2.17. The number of likely N-dealkylation sites (N-methyl/N-ethyl adjacent to an activating group) is 1. The van der Waals surface area contributed by atoms with Crippen LogP contribution in [0, 0.1) is 0 Å². The minimum atomic E-state index is -0.434. The summed E-state index contributed by atoms with van der Waals surface area (Å²) in [5, 5.41) is 9.66. The summed E-state index contributed by atoms with van der Waals surface area (Å²) in [6.07, 6.45) is 2.51. The average molecular weight is 249 g/mol. The van der Waals surface area contributed by atoms with E-state index in [1.807, 2.05) is 12.1 Å². The number of rotatable bonds is 2. The first-order valence-electron chi connectivity index (χ1n) is 6.67. The van der Waals surface area contributed by atoms with Crippen molar-refractivity contribution in [2.45, 2.75) is 32.4 Å². The molecule has 1 fully saturated rings. The van der Waals surface area contributed by atoms with E-state index in [1.54, 1.807) is 13.1 Å². The maximum absolute atomic E-state index is 9.66. The highest BCUT2D eigenvalue weighted by Crippen LogP contribution is 2.21. The van der Waals surface area contributed by atoms with Crippen molar-refractivity contribution in [2.24, 2.45) is 0 Å². The third-order valence-corrected chi connectivity index (χ3v) is 3.59. The Hall–Kier alpha value is -1.13. The lowest BCUT2D eigenvalue weighted by molar-refractivity contribution is 0.199. The van der Waals surface area contributed by atoms with Crippen molar-refractivity contribution in [3.8, 4) is 0 Å². The first-order valence-corrected chi connectivity index (χ1v) is 6.67. The van der Waals surface area contributed by atoms with E-state index in [4.69, 9.17) is 0 Å². The van der Waals surface area contributed by atoms with Crippen LogP contribution >= 0.6 is 0 Å². The van der Waals surface area contributed by atoms with Gasteiger partial charge in [-0.25, -0.2) is 4.98 Å². The van der Waals surface area contributed by atoms with Gasteiger partial charge >= 0.3 is 0 Å². The number of aliphatic hydroxyl groups is 1. The molecule has 1 N–H and O–H groups in total. The minimum absolute atomic E-state index is 0.434. The number of pyridine rings is 1. The Kier molecular flexibility index (Phi) is 4.19. The Bertz CT molecular complexity index is 394. The molecule has 1 saturated heterocycles. The lowest BCUT2D eigenvalue weighted by Crippen LogP contribution is -2.38. The highest BCUT2D eigenvalue weighted by Gasteiger charge is 2.21. The molecule has 1 aliphatic heterocycles. The predicted octanol–water partition coefficient (Wildman–Crippen LogP) is 1.67. The van der Waals surface area contributed by atoms with Gasteiger partial charge in [0.15, 0.2) is 0 Å². The van der Waals surface area contributed by atoms with Gasteiger partial charge < -0.3 is 14.9 Å². The quantitative estimate of drug-likeness (QED) is 0.865. The molecule has 0 spiro atoms. The molecule has 0 aromatic carbocycles. The third kappa shape index (κ3) is 3.00. The molecule has 1 aromatic rings. The van der Waals surface area contributed by atoms with Crippen LogP contribution in [-0.2, 0) is 0 Å². The number of aromatic nitrogens is 1. The van der Waals surface area contributed by atoms with Gasteiger partial charge in [-0.1, -0.05) is 0 Å². The lowest BCUT2D eigenvalue weighted by Gasteiger charge is -2.29. The molecule has 1 unspecified atom stereocenters. The summed E-state index contributed by atoms with van der Waals surface area (Å²) < 4.78 is 0. The Morgan fingerprint density at radius 3 is 2.94 bits per heavy atom. The number of hydrogen-bond acceptors (Lipinski definition) is 4. The average Bonchev–Trinajstić information content (AvgIpc) is 2.50. The fourth-order valence-electron chi connectivity index (χ4n) is 2.56. The maximum Gasteiger partial charge on any atom is 0.129 e. The van der Waals surface area contributed by atoms with Crippen molar-refractivity contribution in [2.75, 3.05) is 31.6 Å². The molecule has 0 aliphatic carbocycles. The normalized spacial score (nSPS) is 23.8. The summed E-state index contributed by atoms with van der Waals surface area (Å²) in [6, 6.07) is 4.34. The van der Waals surface area contributed by atoms with Crippen LogP contribution in [0.4, 0.5) is 5.82 Å². The van der Waals surface area contributed by atoms with E-state index in [0.717, 1.165) is 37.4 Å². The number of hydrogen-bond donors (Lipinski definition) is 1. The van der Waals surface area contributed by atoms with Crippen molar-refractivity contribution >= 4 is 5.82 Å². The van der Waals surface area contributed by atoms with Crippen LogP contribution in [0.5, 0.6) is 0 Å². The highest BCUT2D eigenvalue weighted by molar-refractivity contribution is 5.42. The van der Waals surface area contributed by atoms with Crippen LogP contribution < -0.4 is 4.90 Å². The summed E-state index contributed by atoms with van der Waals surface area (Å²) >= 11 is 0. The Labute approximate surface area is 109 Å². The predicted molar refractivity (Wildman–Crippen MR) is 73.8 cm³/mol. The van der Waals surface area contributed by atoms with E-state index in [-0.39, 0.29) is 0 Å². The number of nitrogens with zero attached hydrogens (tertiary/aromatic N) is 3. The monoisotopic (exact) mass is 249 g/mol. The van der Waals surface area contributed by atoms with Crippen LogP contribution in [0.2, 0.25) is 0 Å². The van der Waals surface area contributed by atoms with Gasteiger partial charge in [-0.05, 0) is 51.6 Å². The highest BCUT2D eigenvalue weighted by atomic mass is 16.3. The van der Waals surface area contributed by atoms with Crippen LogP contribution in [-0.4, -0.2) is 47.7 Å². The second-order valence-corrected chi connectivity index (χ2v) is 5.28. The molecular formula is C14H23N3O. The molecule has 1 aromatic heterocycles. The van der Waals surface area contributed by atoms with Gasteiger partial charge in [0, 0.05) is 25.3 Å². The van der Waals surface area contributed by atoms with Gasteiger partial charge in [0.05, 0.1) is 6.10 Å². The number of aliphatic hydroxyl groups excluding tert-OH is 1. The van der Waals surface area contributed by atoms with E-state index in [0.29, 0.717) is 6.04 Å². The van der Waals surface area contributed by atoms with Crippen molar-refractivity contribution < 1.29 is 5.11 Å².